The van der Waals surface area contributed by atoms with Crippen LogP contribution < -0.4 is 10.0 Å². The molecule has 3 aromatic rings. The molecule has 1 atom stereocenters. The summed E-state index contributed by atoms with van der Waals surface area (Å²) in [7, 11) is -3.95. The van der Waals surface area contributed by atoms with Gasteiger partial charge in [0, 0.05) is 26.2 Å². The molecule has 1 aliphatic heterocycles. The van der Waals surface area contributed by atoms with E-state index < -0.39 is 16.1 Å². The fraction of sp³-hybridized carbons (Fsp3) is 0.0952. The maximum atomic E-state index is 13.0. The monoisotopic (exact) mass is 477 g/mol. The number of nitrogens with one attached hydrogen (secondary N) is 2. The van der Waals surface area contributed by atoms with Crippen LogP contribution in [0.1, 0.15) is 22.7 Å². The topological polar surface area (TPSA) is 70.6 Å². The molecule has 0 fully saturated rings. The molecule has 30 heavy (non-hydrogen) atoms. The minimum absolute atomic E-state index is 0.0235. The SMILES string of the molecule is Cc1cc(S(=O)(=O)NC2=NC(c3ccccc3)c3cc(Cl)ccc3N2)c(S)cc1Cl. The molecule has 0 aromatic heterocycles. The minimum Gasteiger partial charge on any atom is -0.325 e. The number of hydrogen-bond donors (Lipinski definition) is 3. The summed E-state index contributed by atoms with van der Waals surface area (Å²) >= 11 is 16.5. The van der Waals surface area contributed by atoms with Gasteiger partial charge in [-0.25, -0.2) is 18.1 Å². The van der Waals surface area contributed by atoms with Crippen molar-refractivity contribution in [1.82, 2.24) is 4.72 Å². The van der Waals surface area contributed by atoms with Crippen LogP contribution in [0.4, 0.5) is 5.69 Å². The van der Waals surface area contributed by atoms with Crippen LogP contribution >= 0.6 is 35.8 Å². The van der Waals surface area contributed by atoms with Gasteiger partial charge in [0.05, 0.1) is 0 Å². The number of sulfonamides is 1. The Morgan fingerprint density at radius 3 is 2.53 bits per heavy atom. The van der Waals surface area contributed by atoms with E-state index in [1.165, 1.54) is 12.1 Å². The summed E-state index contributed by atoms with van der Waals surface area (Å²) in [6, 6.07) is 17.5. The van der Waals surface area contributed by atoms with Gasteiger partial charge in [-0.05, 0) is 48.4 Å². The molecular formula is C21H17Cl2N3O2S2. The summed E-state index contributed by atoms with van der Waals surface area (Å²) < 4.78 is 28.6. The van der Waals surface area contributed by atoms with Crippen LogP contribution in [0.15, 0.2) is 75.4 Å². The van der Waals surface area contributed by atoms with E-state index in [0.717, 1.165) is 16.8 Å². The van der Waals surface area contributed by atoms with Gasteiger partial charge in [0.2, 0.25) is 5.96 Å². The molecular weight excluding hydrogens is 461 g/mol. The third-order valence-electron chi connectivity index (χ3n) is 4.70. The molecule has 0 saturated heterocycles. The van der Waals surface area contributed by atoms with Gasteiger partial charge in [-0.3, -0.25) is 0 Å². The Morgan fingerprint density at radius 1 is 1.07 bits per heavy atom. The van der Waals surface area contributed by atoms with Gasteiger partial charge in [-0.1, -0.05) is 53.5 Å². The lowest BCUT2D eigenvalue weighted by atomic mass is 9.96. The van der Waals surface area contributed by atoms with Gasteiger partial charge in [0.15, 0.2) is 0 Å². The molecule has 3 aromatic carbocycles. The van der Waals surface area contributed by atoms with Crippen LogP contribution in [0.5, 0.6) is 0 Å². The van der Waals surface area contributed by atoms with Crippen molar-refractivity contribution in [2.45, 2.75) is 22.8 Å². The number of benzene rings is 3. The molecule has 0 spiro atoms. The normalized spacial score (nSPS) is 15.7. The second kappa shape index (κ2) is 8.15. The van der Waals surface area contributed by atoms with Crippen molar-refractivity contribution in [2.24, 2.45) is 4.99 Å². The second-order valence-corrected chi connectivity index (χ2v) is 9.80. The lowest BCUT2D eigenvalue weighted by molar-refractivity contribution is 0.590. The molecule has 0 saturated carbocycles. The standard InChI is InChI=1S/C21H17Cl2N3O2S2/c1-12-9-19(18(29)11-16(12)23)30(27,28)26-21-24-17-8-7-14(22)10-15(17)20(25-21)13-5-3-2-4-6-13/h2-11,20,29H,1H3,(H2,24,25,26). The van der Waals surface area contributed by atoms with Crippen molar-refractivity contribution in [3.63, 3.8) is 0 Å². The van der Waals surface area contributed by atoms with E-state index in [0.29, 0.717) is 15.6 Å². The molecule has 0 aliphatic carbocycles. The van der Waals surface area contributed by atoms with Crippen molar-refractivity contribution in [3.05, 3.63) is 87.4 Å². The van der Waals surface area contributed by atoms with Crippen LogP contribution in [0, 0.1) is 6.92 Å². The molecule has 154 valence electrons. The van der Waals surface area contributed by atoms with Gasteiger partial charge < -0.3 is 5.32 Å². The Hall–Kier alpha value is -2.19. The number of guanidine groups is 1. The lowest BCUT2D eigenvalue weighted by Gasteiger charge is -2.26. The van der Waals surface area contributed by atoms with Crippen LogP contribution in [-0.4, -0.2) is 14.4 Å². The molecule has 4 rings (SSSR count). The van der Waals surface area contributed by atoms with Crippen LogP contribution in [-0.2, 0) is 10.0 Å². The van der Waals surface area contributed by atoms with Gasteiger partial charge in [0.1, 0.15) is 10.9 Å². The summed E-state index contributed by atoms with van der Waals surface area (Å²) in [5.41, 5.74) is 3.13. The number of rotatable bonds is 3. The number of anilines is 1. The first-order valence-electron chi connectivity index (χ1n) is 8.96. The number of halogens is 2. The smallest absolute Gasteiger partial charge is 0.265 e. The minimum atomic E-state index is -3.95. The van der Waals surface area contributed by atoms with Gasteiger partial charge in [-0.2, -0.15) is 0 Å². The molecule has 0 radical (unpaired) electrons. The Bertz CT molecular complexity index is 1260. The zero-order valence-electron chi connectivity index (χ0n) is 15.7. The van der Waals surface area contributed by atoms with Crippen molar-refractivity contribution >= 4 is 57.5 Å². The van der Waals surface area contributed by atoms with Crippen molar-refractivity contribution in [3.8, 4) is 0 Å². The van der Waals surface area contributed by atoms with E-state index in [2.05, 4.69) is 27.7 Å². The number of hydrogen-bond acceptors (Lipinski definition) is 5. The molecule has 1 heterocycles. The van der Waals surface area contributed by atoms with E-state index in [4.69, 9.17) is 23.2 Å². The van der Waals surface area contributed by atoms with Crippen LogP contribution in [0.25, 0.3) is 0 Å². The molecule has 1 aliphatic rings. The zero-order chi connectivity index (χ0) is 21.5. The summed E-state index contributed by atoms with van der Waals surface area (Å²) in [6.45, 7) is 1.73. The molecule has 9 heteroatoms. The first kappa shape index (κ1) is 21.1. The average Bonchev–Trinajstić information content (AvgIpc) is 2.70. The Kier molecular flexibility index (Phi) is 5.72. The molecule has 0 bridgehead atoms. The number of aliphatic imine (C=N–C) groups is 1. The summed E-state index contributed by atoms with van der Waals surface area (Å²) in [5, 5.41) is 4.07. The van der Waals surface area contributed by atoms with E-state index in [9.17, 15) is 8.42 Å². The highest BCUT2D eigenvalue weighted by atomic mass is 35.5. The van der Waals surface area contributed by atoms with E-state index in [1.54, 1.807) is 19.1 Å². The maximum absolute atomic E-state index is 13.0. The number of nitrogens with zero attached hydrogens (tertiary/aromatic N) is 1. The van der Waals surface area contributed by atoms with E-state index in [1.807, 2.05) is 36.4 Å². The Labute approximate surface area is 190 Å². The predicted molar refractivity (Wildman–Crippen MR) is 125 cm³/mol. The predicted octanol–water partition coefficient (Wildman–Crippen LogP) is 5.44. The molecule has 0 amide bonds. The first-order valence-corrected chi connectivity index (χ1v) is 11.6. The van der Waals surface area contributed by atoms with Crippen LogP contribution in [0.2, 0.25) is 10.0 Å². The summed E-state index contributed by atoms with van der Waals surface area (Å²) in [5.74, 6) is 0.110. The van der Waals surface area contributed by atoms with Crippen LogP contribution in [0.3, 0.4) is 0 Å². The van der Waals surface area contributed by atoms with Crippen molar-refractivity contribution in [2.75, 3.05) is 5.32 Å². The zero-order valence-corrected chi connectivity index (χ0v) is 18.9. The Morgan fingerprint density at radius 2 is 1.80 bits per heavy atom. The number of thiol groups is 1. The average molecular weight is 478 g/mol. The number of fused-ring (bicyclic) bond motifs is 1. The third-order valence-corrected chi connectivity index (χ3v) is 7.24. The lowest BCUT2D eigenvalue weighted by Crippen LogP contribution is -2.38. The fourth-order valence-electron chi connectivity index (χ4n) is 3.22. The highest BCUT2D eigenvalue weighted by Gasteiger charge is 2.27. The quantitative estimate of drug-likeness (QED) is 0.439. The van der Waals surface area contributed by atoms with Gasteiger partial charge in [-0.15, -0.1) is 12.6 Å². The molecule has 2 N–H and O–H groups in total. The summed E-state index contributed by atoms with van der Waals surface area (Å²) in [4.78, 5) is 4.90. The van der Waals surface area contributed by atoms with Crippen molar-refractivity contribution in [1.29, 1.82) is 0 Å². The maximum Gasteiger partial charge on any atom is 0.265 e. The van der Waals surface area contributed by atoms with E-state index in [-0.39, 0.29) is 15.8 Å². The Balaban J connectivity index is 1.75. The third kappa shape index (κ3) is 4.16. The summed E-state index contributed by atoms with van der Waals surface area (Å²) in [6.07, 6.45) is 0. The van der Waals surface area contributed by atoms with Gasteiger partial charge >= 0.3 is 0 Å². The molecule has 1 unspecified atom stereocenters. The first-order chi connectivity index (χ1) is 14.2. The highest BCUT2D eigenvalue weighted by molar-refractivity contribution is 7.91. The largest absolute Gasteiger partial charge is 0.325 e. The van der Waals surface area contributed by atoms with Gasteiger partial charge in [0.25, 0.3) is 10.0 Å². The fourth-order valence-corrected chi connectivity index (χ4v) is 5.32. The molecule has 5 nitrogen and oxygen atoms in total. The van der Waals surface area contributed by atoms with Crippen molar-refractivity contribution < 1.29 is 8.42 Å². The second-order valence-electron chi connectivity index (χ2n) is 6.82. The van der Waals surface area contributed by atoms with E-state index >= 15 is 0 Å². The number of aryl methyl sites for hydroxylation is 1. The highest BCUT2D eigenvalue weighted by Crippen LogP contribution is 2.36.